The van der Waals surface area contributed by atoms with Crippen LogP contribution in [0.2, 0.25) is 0 Å². The van der Waals surface area contributed by atoms with Crippen molar-refractivity contribution in [3.05, 3.63) is 52.9 Å². The second kappa shape index (κ2) is 7.97. The van der Waals surface area contributed by atoms with Crippen LogP contribution in [0.15, 0.2) is 47.3 Å². The average molecular weight is 427 g/mol. The van der Waals surface area contributed by atoms with Gasteiger partial charge in [-0.2, -0.15) is 5.26 Å². The monoisotopic (exact) mass is 427 g/mol. The van der Waals surface area contributed by atoms with Gasteiger partial charge in [0.1, 0.15) is 24.4 Å². The summed E-state index contributed by atoms with van der Waals surface area (Å²) in [5, 5.41) is 9.43. The molecule has 1 atom stereocenters. The van der Waals surface area contributed by atoms with Gasteiger partial charge in [-0.3, -0.25) is 0 Å². The predicted octanol–water partition coefficient (Wildman–Crippen LogP) is -1.84. The summed E-state index contributed by atoms with van der Waals surface area (Å²) in [5.74, 6) is -0.724. The molecule has 2 heterocycles. The molecule has 0 aliphatic carbocycles. The summed E-state index contributed by atoms with van der Waals surface area (Å²) < 4.78 is 12.3. The number of ether oxygens (including phenoxy) is 2. The zero-order valence-electron chi connectivity index (χ0n) is 13.2. The summed E-state index contributed by atoms with van der Waals surface area (Å²) in [7, 11) is 1.86. The highest BCUT2D eigenvalue weighted by Crippen LogP contribution is 2.38. The molecule has 1 unspecified atom stereocenters. The van der Waals surface area contributed by atoms with Crippen molar-refractivity contribution in [1.29, 1.82) is 5.26 Å². The molecule has 7 heteroatoms. The molecule has 0 spiro atoms. The first-order chi connectivity index (χ1) is 10.5. The highest BCUT2D eigenvalue weighted by molar-refractivity contribution is 5.92. The van der Waals surface area contributed by atoms with Gasteiger partial charge in [0.15, 0.2) is 12.4 Å². The Hall–Kier alpha value is -2.08. The Labute approximate surface area is 152 Å². The lowest BCUT2D eigenvalue weighted by atomic mass is 9.84. The van der Waals surface area contributed by atoms with Crippen molar-refractivity contribution >= 4 is 5.97 Å². The number of hydrogen-bond acceptors (Lipinski definition) is 5. The summed E-state index contributed by atoms with van der Waals surface area (Å²) in [6.07, 6.45) is 3.70. The van der Waals surface area contributed by atoms with Gasteiger partial charge in [-0.15, -0.1) is 0 Å². The van der Waals surface area contributed by atoms with Gasteiger partial charge in [-0.05, 0) is 19.9 Å². The van der Waals surface area contributed by atoms with Crippen molar-refractivity contribution in [3.8, 4) is 6.07 Å². The van der Waals surface area contributed by atoms with Crippen LogP contribution >= 0.6 is 0 Å². The average Bonchev–Trinajstić information content (AvgIpc) is 2.46. The van der Waals surface area contributed by atoms with E-state index in [0.717, 1.165) is 5.56 Å². The van der Waals surface area contributed by atoms with Gasteiger partial charge in [-0.1, -0.05) is 0 Å². The fourth-order valence-corrected chi connectivity index (χ4v) is 2.47. The number of pyridine rings is 1. The van der Waals surface area contributed by atoms with Gasteiger partial charge in [-0.25, -0.2) is 9.36 Å². The van der Waals surface area contributed by atoms with Crippen LogP contribution in [0.1, 0.15) is 25.3 Å². The van der Waals surface area contributed by atoms with E-state index >= 15 is 0 Å². The number of allylic oxidation sites excluding steroid dienone is 2. The van der Waals surface area contributed by atoms with Gasteiger partial charge in [0, 0.05) is 11.6 Å². The third kappa shape index (κ3) is 3.82. The largest absolute Gasteiger partial charge is 1.00 e. The number of esters is 1. The van der Waals surface area contributed by atoms with Crippen LogP contribution in [0.4, 0.5) is 0 Å². The number of aryl methyl sites for hydroxylation is 1. The Kier molecular flexibility index (Phi) is 6.57. The van der Waals surface area contributed by atoms with Crippen LogP contribution in [-0.4, -0.2) is 12.6 Å². The van der Waals surface area contributed by atoms with Gasteiger partial charge < -0.3 is 39.2 Å². The molecule has 2 rings (SSSR count). The second-order valence-electron chi connectivity index (χ2n) is 4.92. The number of hydrogen-bond donors (Lipinski definition) is 1. The van der Waals surface area contributed by atoms with Crippen LogP contribution in [-0.2, 0) is 21.3 Å². The Morgan fingerprint density at radius 3 is 2.83 bits per heavy atom. The zero-order valence-corrected chi connectivity index (χ0v) is 15.3. The van der Waals surface area contributed by atoms with Crippen molar-refractivity contribution in [2.75, 3.05) is 6.61 Å². The van der Waals surface area contributed by atoms with Gasteiger partial charge in [0.25, 0.3) is 0 Å². The molecule has 6 nitrogen and oxygen atoms in total. The Balaban J connectivity index is 0.00000264. The molecule has 0 aromatic carbocycles. The molecule has 0 saturated carbocycles. The summed E-state index contributed by atoms with van der Waals surface area (Å²) in [6, 6.07) is 5.73. The number of nitrogens with two attached hydrogens (primary N) is 1. The highest BCUT2D eigenvalue weighted by Gasteiger charge is 2.37. The number of nitrogens with zero attached hydrogens (tertiary/aromatic N) is 2. The van der Waals surface area contributed by atoms with Gasteiger partial charge in [0.05, 0.1) is 18.1 Å². The third-order valence-electron chi connectivity index (χ3n) is 3.40. The van der Waals surface area contributed by atoms with Gasteiger partial charge >= 0.3 is 5.97 Å². The van der Waals surface area contributed by atoms with Crippen LogP contribution < -0.4 is 34.3 Å². The minimum absolute atomic E-state index is 0. The first kappa shape index (κ1) is 19.0. The van der Waals surface area contributed by atoms with E-state index in [0.29, 0.717) is 11.3 Å². The number of carbonyl (C=O) groups excluding carboxylic acids is 1. The van der Waals surface area contributed by atoms with E-state index in [4.69, 9.17) is 15.2 Å². The lowest BCUT2D eigenvalue weighted by Crippen LogP contribution is -3.00. The number of nitriles is 1. The molecule has 23 heavy (non-hydrogen) atoms. The van der Waals surface area contributed by atoms with Crippen LogP contribution in [0, 0.1) is 11.3 Å². The number of carbonyl (C=O) groups is 1. The summed E-state index contributed by atoms with van der Waals surface area (Å²) in [5.41, 5.74) is 7.11. The maximum atomic E-state index is 12.3. The molecule has 1 aromatic heterocycles. The molecule has 122 valence electrons. The maximum Gasteiger partial charge on any atom is 0.338 e. The van der Waals surface area contributed by atoms with E-state index in [1.54, 1.807) is 13.8 Å². The maximum absolute atomic E-state index is 12.3. The van der Waals surface area contributed by atoms with E-state index in [1.807, 2.05) is 42.2 Å². The number of rotatable bonds is 3. The summed E-state index contributed by atoms with van der Waals surface area (Å²) in [4.78, 5) is 12.3. The SMILES string of the molecule is CCOC(=O)C1=C(C)OC(N)=C(C#N)C1c1ccc[n+](C)c1.[I-]. The molecule has 0 fully saturated rings. The summed E-state index contributed by atoms with van der Waals surface area (Å²) in [6.45, 7) is 3.61. The molecule has 1 aliphatic heterocycles. The van der Waals surface area contributed by atoms with Crippen molar-refractivity contribution in [1.82, 2.24) is 0 Å². The second-order valence-corrected chi connectivity index (χ2v) is 4.92. The van der Waals surface area contributed by atoms with Crippen molar-refractivity contribution < 1.29 is 42.8 Å². The van der Waals surface area contributed by atoms with E-state index in [9.17, 15) is 10.1 Å². The molecule has 2 N–H and O–H groups in total. The van der Waals surface area contributed by atoms with Gasteiger partial charge in [0.2, 0.25) is 5.88 Å². The Bertz CT molecular complexity index is 720. The molecule has 0 radical (unpaired) electrons. The highest BCUT2D eigenvalue weighted by atomic mass is 127. The van der Waals surface area contributed by atoms with Crippen LogP contribution in [0.25, 0.3) is 0 Å². The normalized spacial score (nSPS) is 17.0. The van der Waals surface area contributed by atoms with Crippen molar-refractivity contribution in [2.45, 2.75) is 19.8 Å². The summed E-state index contributed by atoms with van der Waals surface area (Å²) >= 11 is 0. The molecule has 0 amide bonds. The lowest BCUT2D eigenvalue weighted by Gasteiger charge is -2.26. The van der Waals surface area contributed by atoms with Crippen molar-refractivity contribution in [3.63, 3.8) is 0 Å². The van der Waals surface area contributed by atoms with E-state index in [-0.39, 0.29) is 42.0 Å². The Morgan fingerprint density at radius 2 is 2.26 bits per heavy atom. The van der Waals surface area contributed by atoms with Crippen LogP contribution in [0.5, 0.6) is 0 Å². The minimum atomic E-state index is -0.592. The standard InChI is InChI=1S/C16H18N3O3.HI/c1-4-21-16(20)13-10(2)22-15(18)12(8-17)14(13)11-6-5-7-19(3)9-11;/h5-7,9,14H,4,18H2,1-3H3;1H/q+1;/p-1. The molecular formula is C16H18IN3O3. The number of halogens is 1. The molecule has 1 aliphatic rings. The first-order valence-corrected chi connectivity index (χ1v) is 6.90. The molecule has 1 aromatic rings. The molecule has 0 bridgehead atoms. The fourth-order valence-electron chi connectivity index (χ4n) is 2.47. The molecular weight excluding hydrogens is 409 g/mol. The zero-order chi connectivity index (χ0) is 16.3. The predicted molar refractivity (Wildman–Crippen MR) is 77.6 cm³/mol. The Morgan fingerprint density at radius 1 is 1.57 bits per heavy atom. The van der Waals surface area contributed by atoms with Crippen molar-refractivity contribution in [2.24, 2.45) is 12.8 Å². The van der Waals surface area contributed by atoms with Crippen LogP contribution in [0.3, 0.4) is 0 Å². The fraction of sp³-hybridized carbons (Fsp3) is 0.312. The topological polar surface area (TPSA) is 89.2 Å². The smallest absolute Gasteiger partial charge is 0.338 e. The first-order valence-electron chi connectivity index (χ1n) is 6.90. The molecule has 0 saturated heterocycles. The van der Waals surface area contributed by atoms with E-state index in [1.165, 1.54) is 0 Å². The quantitative estimate of drug-likeness (QED) is 0.348. The lowest BCUT2D eigenvalue weighted by molar-refractivity contribution is -0.671. The minimum Gasteiger partial charge on any atom is -1.00 e. The van der Waals surface area contributed by atoms with E-state index < -0.39 is 11.9 Å². The van der Waals surface area contributed by atoms with E-state index in [2.05, 4.69) is 0 Å². The number of aromatic nitrogens is 1. The third-order valence-corrected chi connectivity index (χ3v) is 3.40.